The zero-order valence-electron chi connectivity index (χ0n) is 15.9. The number of aliphatic hydroxyl groups is 2. The largest absolute Gasteiger partial charge is 0.443 e. The maximum atomic E-state index is 12.5. The summed E-state index contributed by atoms with van der Waals surface area (Å²) in [4.78, 5) is 12.5. The fourth-order valence-electron chi connectivity index (χ4n) is 3.71. The van der Waals surface area contributed by atoms with Gasteiger partial charge in [0, 0.05) is 5.39 Å². The average molecular weight is 373 g/mol. The molecule has 0 saturated carbocycles. The van der Waals surface area contributed by atoms with E-state index in [1.165, 1.54) is 0 Å². The Kier molecular flexibility index (Phi) is 5.42. The van der Waals surface area contributed by atoms with Gasteiger partial charge >= 0.3 is 6.09 Å². The summed E-state index contributed by atoms with van der Waals surface area (Å²) in [5, 5.41) is 24.1. The van der Waals surface area contributed by atoms with Crippen LogP contribution in [0.15, 0.2) is 42.5 Å². The molecule has 1 heterocycles. The van der Waals surface area contributed by atoms with E-state index in [1.807, 2.05) is 56.3 Å². The highest BCUT2D eigenvalue weighted by Gasteiger charge is 2.48. The summed E-state index contributed by atoms with van der Waals surface area (Å²) in [7, 11) is 0. The zero-order chi connectivity index (χ0) is 19.7. The van der Waals surface area contributed by atoms with Crippen LogP contribution in [-0.4, -0.2) is 46.3 Å². The standard InChI is InChI=1S/C21H27NO5/c1-20(2)18(11-12-21(3,27-20)17(24)13-23)26-19(25)22-16-10-6-8-14-7-4-5-9-15(14)16/h4-10,17-18,23-24H,11-13H2,1-3H3,(H,22,25)/t17-,18+,21+/m0/s1. The molecule has 6 nitrogen and oxygen atoms in total. The van der Waals surface area contributed by atoms with Crippen molar-refractivity contribution in [2.45, 2.75) is 57.0 Å². The molecule has 0 aromatic heterocycles. The van der Waals surface area contributed by atoms with Crippen molar-refractivity contribution in [3.05, 3.63) is 42.5 Å². The predicted octanol–water partition coefficient (Wildman–Crippen LogP) is 3.46. The van der Waals surface area contributed by atoms with Crippen LogP contribution in [-0.2, 0) is 9.47 Å². The van der Waals surface area contributed by atoms with Crippen molar-refractivity contribution in [3.8, 4) is 0 Å². The molecule has 27 heavy (non-hydrogen) atoms. The molecule has 1 aliphatic rings. The first-order valence-corrected chi connectivity index (χ1v) is 9.20. The first kappa shape index (κ1) is 19.6. The van der Waals surface area contributed by atoms with Crippen LogP contribution in [0.5, 0.6) is 0 Å². The van der Waals surface area contributed by atoms with Crippen LogP contribution >= 0.6 is 0 Å². The summed E-state index contributed by atoms with van der Waals surface area (Å²) < 4.78 is 11.7. The van der Waals surface area contributed by atoms with Gasteiger partial charge in [-0.1, -0.05) is 36.4 Å². The molecule has 6 heteroatoms. The molecule has 1 amide bonds. The lowest BCUT2D eigenvalue weighted by atomic mass is 9.82. The van der Waals surface area contributed by atoms with E-state index in [0.29, 0.717) is 18.5 Å². The first-order chi connectivity index (χ1) is 12.7. The third-order valence-electron chi connectivity index (χ3n) is 5.33. The number of anilines is 1. The van der Waals surface area contributed by atoms with E-state index >= 15 is 0 Å². The van der Waals surface area contributed by atoms with Gasteiger partial charge in [-0.3, -0.25) is 5.32 Å². The number of hydrogen-bond donors (Lipinski definition) is 3. The Hall–Kier alpha value is -2.15. The highest BCUT2D eigenvalue weighted by Crippen LogP contribution is 2.39. The number of amides is 1. The molecule has 3 rings (SSSR count). The fourth-order valence-corrected chi connectivity index (χ4v) is 3.71. The molecule has 0 unspecified atom stereocenters. The van der Waals surface area contributed by atoms with E-state index in [0.717, 1.165) is 10.8 Å². The van der Waals surface area contributed by atoms with Crippen LogP contribution in [0.4, 0.5) is 10.5 Å². The summed E-state index contributed by atoms with van der Waals surface area (Å²) in [5.74, 6) is 0. The van der Waals surface area contributed by atoms with Crippen molar-refractivity contribution < 1.29 is 24.5 Å². The molecule has 0 aliphatic carbocycles. The van der Waals surface area contributed by atoms with Crippen molar-refractivity contribution in [3.63, 3.8) is 0 Å². The maximum Gasteiger partial charge on any atom is 0.412 e. The topological polar surface area (TPSA) is 88.0 Å². The number of benzene rings is 2. The molecule has 0 radical (unpaired) electrons. The second kappa shape index (κ2) is 7.46. The van der Waals surface area contributed by atoms with Crippen LogP contribution in [0.3, 0.4) is 0 Å². The normalized spacial score (nSPS) is 25.7. The zero-order valence-corrected chi connectivity index (χ0v) is 15.9. The molecule has 3 N–H and O–H groups in total. The molecule has 0 bridgehead atoms. The summed E-state index contributed by atoms with van der Waals surface area (Å²) in [5.41, 5.74) is -0.975. The molecule has 3 atom stereocenters. The van der Waals surface area contributed by atoms with Gasteiger partial charge in [0.25, 0.3) is 0 Å². The molecule has 2 aromatic rings. The minimum absolute atomic E-state index is 0.375. The van der Waals surface area contributed by atoms with E-state index < -0.39 is 29.5 Å². The Bertz CT molecular complexity index is 816. The minimum Gasteiger partial charge on any atom is -0.443 e. The monoisotopic (exact) mass is 373 g/mol. The van der Waals surface area contributed by atoms with Crippen LogP contribution < -0.4 is 5.32 Å². The Morgan fingerprint density at radius 2 is 1.96 bits per heavy atom. The van der Waals surface area contributed by atoms with Crippen molar-refractivity contribution in [2.24, 2.45) is 0 Å². The van der Waals surface area contributed by atoms with E-state index in [2.05, 4.69) is 5.32 Å². The number of carbonyl (C=O) groups is 1. The average Bonchev–Trinajstić information content (AvgIpc) is 2.63. The Morgan fingerprint density at radius 1 is 1.26 bits per heavy atom. The summed E-state index contributed by atoms with van der Waals surface area (Å²) in [6.07, 6.45) is -0.985. The number of carbonyl (C=O) groups excluding carboxylic acids is 1. The van der Waals surface area contributed by atoms with Crippen LogP contribution in [0.25, 0.3) is 10.8 Å². The molecule has 1 saturated heterocycles. The Labute approximate surface area is 159 Å². The number of fused-ring (bicyclic) bond motifs is 1. The van der Waals surface area contributed by atoms with Gasteiger partial charge in [0.1, 0.15) is 17.8 Å². The van der Waals surface area contributed by atoms with Crippen molar-refractivity contribution in [1.82, 2.24) is 0 Å². The second-order valence-electron chi connectivity index (χ2n) is 7.80. The SMILES string of the molecule is CC1(C)O[C@@](C)([C@@H](O)CO)CC[C@H]1OC(=O)Nc1cccc2ccccc12. The molecule has 0 spiro atoms. The first-order valence-electron chi connectivity index (χ1n) is 9.20. The van der Waals surface area contributed by atoms with Gasteiger partial charge in [-0.25, -0.2) is 4.79 Å². The number of aliphatic hydroxyl groups excluding tert-OH is 2. The van der Waals surface area contributed by atoms with Crippen molar-refractivity contribution in [1.29, 1.82) is 0 Å². The highest BCUT2D eigenvalue weighted by atomic mass is 16.6. The third-order valence-corrected chi connectivity index (χ3v) is 5.33. The molecular weight excluding hydrogens is 346 g/mol. The van der Waals surface area contributed by atoms with Crippen LogP contribution in [0, 0.1) is 0 Å². The predicted molar refractivity (Wildman–Crippen MR) is 104 cm³/mol. The third kappa shape index (κ3) is 4.08. The lowest BCUT2D eigenvalue weighted by Crippen LogP contribution is -2.58. The summed E-state index contributed by atoms with van der Waals surface area (Å²) in [6.45, 7) is 5.04. The summed E-state index contributed by atoms with van der Waals surface area (Å²) in [6, 6.07) is 13.5. The molecular formula is C21H27NO5. The van der Waals surface area contributed by atoms with E-state index in [4.69, 9.17) is 9.47 Å². The lowest BCUT2D eigenvalue weighted by molar-refractivity contribution is -0.247. The Morgan fingerprint density at radius 3 is 2.67 bits per heavy atom. The van der Waals surface area contributed by atoms with Gasteiger partial charge in [-0.05, 0) is 45.1 Å². The molecule has 1 aliphatic heterocycles. The van der Waals surface area contributed by atoms with E-state index in [9.17, 15) is 15.0 Å². The fraction of sp³-hybridized carbons (Fsp3) is 0.476. The highest BCUT2D eigenvalue weighted by molar-refractivity contribution is 6.00. The van der Waals surface area contributed by atoms with Gasteiger partial charge < -0.3 is 19.7 Å². The molecule has 146 valence electrons. The number of ether oxygens (including phenoxy) is 2. The van der Waals surface area contributed by atoms with Crippen LogP contribution in [0.2, 0.25) is 0 Å². The summed E-state index contributed by atoms with van der Waals surface area (Å²) >= 11 is 0. The van der Waals surface area contributed by atoms with Gasteiger partial charge in [0.15, 0.2) is 0 Å². The Balaban J connectivity index is 1.69. The lowest BCUT2D eigenvalue weighted by Gasteiger charge is -2.48. The smallest absolute Gasteiger partial charge is 0.412 e. The van der Waals surface area contributed by atoms with Gasteiger partial charge in [0.2, 0.25) is 0 Å². The van der Waals surface area contributed by atoms with Crippen LogP contribution in [0.1, 0.15) is 33.6 Å². The number of nitrogens with one attached hydrogen (secondary N) is 1. The number of hydrogen-bond acceptors (Lipinski definition) is 5. The molecule has 2 aromatic carbocycles. The van der Waals surface area contributed by atoms with Gasteiger partial charge in [-0.2, -0.15) is 0 Å². The quantitative estimate of drug-likeness (QED) is 0.764. The van der Waals surface area contributed by atoms with E-state index in [-0.39, 0.29) is 6.61 Å². The number of rotatable bonds is 4. The molecule has 1 fully saturated rings. The minimum atomic E-state index is -0.984. The van der Waals surface area contributed by atoms with E-state index in [1.54, 1.807) is 6.92 Å². The van der Waals surface area contributed by atoms with Crippen molar-refractivity contribution in [2.75, 3.05) is 11.9 Å². The maximum absolute atomic E-state index is 12.5. The van der Waals surface area contributed by atoms with Gasteiger partial charge in [-0.15, -0.1) is 0 Å². The van der Waals surface area contributed by atoms with Gasteiger partial charge in [0.05, 0.1) is 17.9 Å². The van der Waals surface area contributed by atoms with Crippen molar-refractivity contribution >= 4 is 22.6 Å². The second-order valence-corrected chi connectivity index (χ2v) is 7.80.